The van der Waals surface area contributed by atoms with Crippen molar-refractivity contribution < 1.29 is 19.1 Å². The molecule has 1 aliphatic heterocycles. The summed E-state index contributed by atoms with van der Waals surface area (Å²) in [5, 5.41) is 2.84. The maximum atomic E-state index is 12.8. The van der Waals surface area contributed by atoms with Crippen LogP contribution >= 0.6 is 0 Å². The molecule has 0 saturated carbocycles. The molecule has 7 heteroatoms. The van der Waals surface area contributed by atoms with Crippen molar-refractivity contribution in [1.82, 2.24) is 4.90 Å². The van der Waals surface area contributed by atoms with E-state index in [1.54, 1.807) is 36.1 Å². The second-order valence-corrected chi connectivity index (χ2v) is 7.55. The van der Waals surface area contributed by atoms with Gasteiger partial charge in [-0.05, 0) is 56.2 Å². The lowest BCUT2D eigenvalue weighted by molar-refractivity contribution is -0.139. The first-order chi connectivity index (χ1) is 15.0. The zero-order valence-corrected chi connectivity index (χ0v) is 18.0. The molecule has 1 aliphatic rings. The molecular weight excluding hydrogens is 394 g/mol. The summed E-state index contributed by atoms with van der Waals surface area (Å²) in [6, 6.07) is 15.7. The summed E-state index contributed by atoms with van der Waals surface area (Å²) < 4.78 is 5.66. The molecule has 1 heterocycles. The van der Waals surface area contributed by atoms with Crippen LogP contribution in [0.2, 0.25) is 0 Å². The summed E-state index contributed by atoms with van der Waals surface area (Å²) in [6.45, 7) is 4.70. The predicted molar refractivity (Wildman–Crippen MR) is 120 cm³/mol. The Balaban J connectivity index is 1.57. The zero-order valence-electron chi connectivity index (χ0n) is 18.0. The van der Waals surface area contributed by atoms with Crippen LogP contribution < -0.4 is 15.0 Å². The molecule has 3 amide bonds. The number of hydrogen-bond donors (Lipinski definition) is 1. The third-order valence-corrected chi connectivity index (χ3v) is 5.26. The van der Waals surface area contributed by atoms with Gasteiger partial charge in [0.2, 0.25) is 11.8 Å². The Morgan fingerprint density at radius 3 is 2.45 bits per heavy atom. The van der Waals surface area contributed by atoms with Crippen molar-refractivity contribution in [3.05, 3.63) is 54.6 Å². The fourth-order valence-corrected chi connectivity index (χ4v) is 3.56. The van der Waals surface area contributed by atoms with E-state index in [0.29, 0.717) is 24.4 Å². The molecule has 7 nitrogen and oxygen atoms in total. The van der Waals surface area contributed by atoms with Crippen molar-refractivity contribution in [3.8, 4) is 5.75 Å². The maximum Gasteiger partial charge on any atom is 0.261 e. The van der Waals surface area contributed by atoms with E-state index >= 15 is 0 Å². The van der Waals surface area contributed by atoms with Crippen molar-refractivity contribution in [1.29, 1.82) is 0 Å². The molecule has 1 fully saturated rings. The molecule has 0 radical (unpaired) electrons. The number of ether oxygens (including phenoxy) is 1. The highest BCUT2D eigenvalue weighted by atomic mass is 16.5. The van der Waals surface area contributed by atoms with Gasteiger partial charge < -0.3 is 19.9 Å². The molecule has 0 bridgehead atoms. The molecule has 0 aromatic heterocycles. The topological polar surface area (TPSA) is 79.0 Å². The van der Waals surface area contributed by atoms with Gasteiger partial charge in [0.25, 0.3) is 5.91 Å². The standard InChI is InChI=1S/C24H29N3O4/c1-3-15-26(18(2)24(30)25-19-8-5-4-6-9-19)23(29)17-31-21-13-11-20(12-14-21)27-16-7-10-22(27)28/h4-6,8-9,11-14,18H,3,7,10,15-17H2,1-2H3,(H,25,30). The molecule has 1 N–H and O–H groups in total. The van der Waals surface area contributed by atoms with Gasteiger partial charge in [-0.2, -0.15) is 0 Å². The second-order valence-electron chi connectivity index (χ2n) is 7.55. The first kappa shape index (κ1) is 22.3. The maximum absolute atomic E-state index is 12.8. The Labute approximate surface area is 183 Å². The van der Waals surface area contributed by atoms with E-state index in [4.69, 9.17) is 4.74 Å². The third-order valence-electron chi connectivity index (χ3n) is 5.26. The van der Waals surface area contributed by atoms with E-state index < -0.39 is 6.04 Å². The number of carbonyl (C=O) groups is 3. The van der Waals surface area contributed by atoms with Crippen molar-refractivity contribution in [2.24, 2.45) is 0 Å². The van der Waals surface area contributed by atoms with Crippen LogP contribution in [0.15, 0.2) is 54.6 Å². The number of hydrogen-bond acceptors (Lipinski definition) is 4. The van der Waals surface area contributed by atoms with Crippen LogP contribution in [0, 0.1) is 0 Å². The average Bonchev–Trinajstić information content (AvgIpc) is 3.22. The van der Waals surface area contributed by atoms with E-state index in [9.17, 15) is 14.4 Å². The van der Waals surface area contributed by atoms with E-state index in [1.165, 1.54) is 4.90 Å². The number of anilines is 2. The van der Waals surface area contributed by atoms with E-state index in [2.05, 4.69) is 5.32 Å². The molecule has 31 heavy (non-hydrogen) atoms. The number of amides is 3. The first-order valence-corrected chi connectivity index (χ1v) is 10.7. The van der Waals surface area contributed by atoms with Crippen LogP contribution in [0.1, 0.15) is 33.1 Å². The van der Waals surface area contributed by atoms with E-state index in [1.807, 2.05) is 37.3 Å². The van der Waals surface area contributed by atoms with Crippen LogP contribution in [-0.2, 0) is 14.4 Å². The predicted octanol–water partition coefficient (Wildman–Crippen LogP) is 3.46. The summed E-state index contributed by atoms with van der Waals surface area (Å²) in [5.74, 6) is 0.174. The molecule has 2 aromatic carbocycles. The zero-order chi connectivity index (χ0) is 22.2. The van der Waals surface area contributed by atoms with Crippen LogP contribution in [-0.4, -0.2) is 48.4 Å². The highest BCUT2D eigenvalue weighted by Crippen LogP contribution is 2.24. The second kappa shape index (κ2) is 10.6. The molecule has 1 saturated heterocycles. The quantitative estimate of drug-likeness (QED) is 0.670. The number of carbonyl (C=O) groups excluding carboxylic acids is 3. The van der Waals surface area contributed by atoms with Crippen LogP contribution in [0.5, 0.6) is 5.75 Å². The lowest BCUT2D eigenvalue weighted by Gasteiger charge is -2.28. The molecule has 164 valence electrons. The van der Waals surface area contributed by atoms with Gasteiger partial charge in [-0.15, -0.1) is 0 Å². The van der Waals surface area contributed by atoms with E-state index in [-0.39, 0.29) is 24.3 Å². The highest BCUT2D eigenvalue weighted by molar-refractivity contribution is 5.97. The van der Waals surface area contributed by atoms with Crippen LogP contribution in [0.25, 0.3) is 0 Å². The van der Waals surface area contributed by atoms with Gasteiger partial charge >= 0.3 is 0 Å². The Hall–Kier alpha value is -3.35. The Bertz CT molecular complexity index is 899. The van der Waals surface area contributed by atoms with Crippen molar-refractivity contribution in [2.75, 3.05) is 29.9 Å². The Kier molecular flexibility index (Phi) is 7.65. The summed E-state index contributed by atoms with van der Waals surface area (Å²) in [7, 11) is 0. The monoisotopic (exact) mass is 423 g/mol. The van der Waals surface area contributed by atoms with Gasteiger partial charge in [-0.3, -0.25) is 14.4 Å². The number of rotatable bonds is 9. The lowest BCUT2D eigenvalue weighted by atomic mass is 10.2. The van der Waals surface area contributed by atoms with Crippen LogP contribution in [0.4, 0.5) is 11.4 Å². The lowest BCUT2D eigenvalue weighted by Crippen LogP contribution is -2.47. The molecule has 3 rings (SSSR count). The number of para-hydroxylation sites is 1. The smallest absolute Gasteiger partial charge is 0.261 e. The number of nitrogens with zero attached hydrogens (tertiary/aromatic N) is 2. The SMILES string of the molecule is CCCN(C(=O)COc1ccc(N2CCCC2=O)cc1)C(C)C(=O)Nc1ccccc1. The van der Waals surface area contributed by atoms with Gasteiger partial charge in [0.05, 0.1) is 0 Å². The minimum absolute atomic E-state index is 0.127. The molecule has 2 aromatic rings. The summed E-state index contributed by atoms with van der Waals surface area (Å²) in [5.41, 5.74) is 1.52. The van der Waals surface area contributed by atoms with Gasteiger partial charge in [0.1, 0.15) is 11.8 Å². The third kappa shape index (κ3) is 5.84. The summed E-state index contributed by atoms with van der Waals surface area (Å²) in [4.78, 5) is 40.6. The normalized spacial score (nSPS) is 14.3. The largest absolute Gasteiger partial charge is 0.484 e. The van der Waals surface area contributed by atoms with Crippen LogP contribution in [0.3, 0.4) is 0 Å². The van der Waals surface area contributed by atoms with Gasteiger partial charge in [-0.1, -0.05) is 25.1 Å². The number of nitrogens with one attached hydrogen (secondary N) is 1. The average molecular weight is 424 g/mol. The molecule has 0 spiro atoms. The van der Waals surface area contributed by atoms with E-state index in [0.717, 1.165) is 25.1 Å². The molecule has 0 aliphatic carbocycles. The van der Waals surface area contributed by atoms with Gasteiger partial charge in [-0.25, -0.2) is 0 Å². The highest BCUT2D eigenvalue weighted by Gasteiger charge is 2.26. The summed E-state index contributed by atoms with van der Waals surface area (Å²) >= 11 is 0. The molecular formula is C24H29N3O4. The van der Waals surface area contributed by atoms with Gasteiger partial charge in [0, 0.05) is 30.9 Å². The fraction of sp³-hybridized carbons (Fsp3) is 0.375. The minimum atomic E-state index is -0.625. The van der Waals surface area contributed by atoms with Crippen molar-refractivity contribution in [3.63, 3.8) is 0 Å². The molecule has 1 atom stereocenters. The fourth-order valence-electron chi connectivity index (χ4n) is 3.56. The van der Waals surface area contributed by atoms with Crippen molar-refractivity contribution >= 4 is 29.1 Å². The number of benzene rings is 2. The Morgan fingerprint density at radius 1 is 1.13 bits per heavy atom. The summed E-state index contributed by atoms with van der Waals surface area (Å²) in [6.07, 6.45) is 2.18. The van der Waals surface area contributed by atoms with Gasteiger partial charge in [0.15, 0.2) is 6.61 Å². The molecule has 1 unspecified atom stereocenters. The van der Waals surface area contributed by atoms with Crippen molar-refractivity contribution in [2.45, 2.75) is 39.2 Å². The Morgan fingerprint density at radius 2 is 1.84 bits per heavy atom. The first-order valence-electron chi connectivity index (χ1n) is 10.7. The minimum Gasteiger partial charge on any atom is -0.484 e.